The Kier molecular flexibility index (Phi) is 9.01. The summed E-state index contributed by atoms with van der Waals surface area (Å²) in [5.74, 6) is 0.798. The van der Waals surface area contributed by atoms with Gasteiger partial charge < -0.3 is 10.6 Å². The van der Waals surface area contributed by atoms with Crippen molar-refractivity contribution < 1.29 is 0 Å². The van der Waals surface area contributed by atoms with Crippen LogP contribution in [-0.4, -0.2) is 28.8 Å². The van der Waals surface area contributed by atoms with Gasteiger partial charge in [-0.05, 0) is 30.5 Å². The van der Waals surface area contributed by atoms with Crippen molar-refractivity contribution in [3.63, 3.8) is 0 Å². The van der Waals surface area contributed by atoms with Crippen molar-refractivity contribution >= 4 is 41.5 Å². The first-order valence-corrected chi connectivity index (χ1v) is 7.80. The quantitative estimate of drug-likeness (QED) is 0.407. The van der Waals surface area contributed by atoms with E-state index < -0.39 is 0 Å². The number of aliphatic imine (C=N–C) groups is 1. The lowest BCUT2D eigenvalue weighted by atomic mass is 10.2. The van der Waals surface area contributed by atoms with Crippen LogP contribution in [0, 0.1) is 0 Å². The summed E-state index contributed by atoms with van der Waals surface area (Å²) in [4.78, 5) is 4.57. The van der Waals surface area contributed by atoms with E-state index in [0.717, 1.165) is 36.1 Å². The number of halogens is 2. The molecule has 0 radical (unpaired) electrons. The number of guanidine groups is 1. The van der Waals surface area contributed by atoms with E-state index in [-0.39, 0.29) is 24.0 Å². The molecule has 7 heteroatoms. The van der Waals surface area contributed by atoms with Crippen molar-refractivity contribution in [3.05, 3.63) is 52.8 Å². The number of nitrogens with one attached hydrogen (secondary N) is 2. The van der Waals surface area contributed by atoms with Gasteiger partial charge in [-0.2, -0.15) is 5.10 Å². The van der Waals surface area contributed by atoms with E-state index in [4.69, 9.17) is 11.6 Å². The lowest BCUT2D eigenvalue weighted by molar-refractivity contribution is 0.765. The SMILES string of the molecule is CCNC(=NCc1ccccc1Cl)NCCc1cnn(C)c1.I. The molecule has 5 nitrogen and oxygen atoms in total. The number of hydrogen-bond acceptors (Lipinski definition) is 2. The lowest BCUT2D eigenvalue weighted by Gasteiger charge is -2.11. The monoisotopic (exact) mass is 447 g/mol. The number of aromatic nitrogens is 2. The Labute approximate surface area is 159 Å². The average molecular weight is 448 g/mol. The topological polar surface area (TPSA) is 54.2 Å². The number of nitrogens with zero attached hydrogens (tertiary/aromatic N) is 3. The Morgan fingerprint density at radius 2 is 2.09 bits per heavy atom. The first-order valence-electron chi connectivity index (χ1n) is 7.42. The van der Waals surface area contributed by atoms with Crippen LogP contribution < -0.4 is 10.6 Å². The summed E-state index contributed by atoms with van der Waals surface area (Å²) < 4.78 is 1.81. The van der Waals surface area contributed by atoms with Crippen LogP contribution in [0.25, 0.3) is 0 Å². The summed E-state index contributed by atoms with van der Waals surface area (Å²) in [5.41, 5.74) is 2.23. The molecule has 0 aliphatic carbocycles. The van der Waals surface area contributed by atoms with Gasteiger partial charge in [0, 0.05) is 31.4 Å². The number of hydrogen-bond donors (Lipinski definition) is 2. The van der Waals surface area contributed by atoms with E-state index in [1.165, 1.54) is 5.56 Å². The van der Waals surface area contributed by atoms with Gasteiger partial charge in [0.15, 0.2) is 5.96 Å². The van der Waals surface area contributed by atoms with Crippen molar-refractivity contribution in [1.82, 2.24) is 20.4 Å². The molecule has 126 valence electrons. The normalized spacial score (nSPS) is 11.0. The van der Waals surface area contributed by atoms with Gasteiger partial charge in [0.1, 0.15) is 0 Å². The maximum absolute atomic E-state index is 6.15. The summed E-state index contributed by atoms with van der Waals surface area (Å²) in [6.45, 7) is 4.23. The fourth-order valence-electron chi connectivity index (χ4n) is 2.06. The molecule has 2 rings (SSSR count). The largest absolute Gasteiger partial charge is 0.357 e. The van der Waals surface area contributed by atoms with Crippen LogP contribution >= 0.6 is 35.6 Å². The van der Waals surface area contributed by atoms with Crippen LogP contribution in [0.15, 0.2) is 41.7 Å². The van der Waals surface area contributed by atoms with Crippen LogP contribution in [0.4, 0.5) is 0 Å². The molecule has 0 saturated heterocycles. The molecule has 0 amide bonds. The fraction of sp³-hybridized carbons (Fsp3) is 0.375. The Balaban J connectivity index is 0.00000264. The predicted octanol–water partition coefficient (Wildman–Crippen LogP) is 2.99. The highest BCUT2D eigenvalue weighted by atomic mass is 127. The highest BCUT2D eigenvalue weighted by molar-refractivity contribution is 14.0. The molecule has 1 aromatic heterocycles. The molecule has 0 atom stereocenters. The molecule has 0 unspecified atom stereocenters. The zero-order chi connectivity index (χ0) is 15.8. The van der Waals surface area contributed by atoms with E-state index in [0.29, 0.717) is 6.54 Å². The molecule has 23 heavy (non-hydrogen) atoms. The molecule has 0 aliphatic rings. The van der Waals surface area contributed by atoms with E-state index >= 15 is 0 Å². The Hall–Kier alpha value is -1.28. The van der Waals surface area contributed by atoms with Gasteiger partial charge >= 0.3 is 0 Å². The molecule has 0 bridgehead atoms. The van der Waals surface area contributed by atoms with E-state index in [1.807, 2.05) is 55.3 Å². The van der Waals surface area contributed by atoms with Crippen molar-refractivity contribution in [2.45, 2.75) is 19.9 Å². The van der Waals surface area contributed by atoms with Crippen molar-refractivity contribution in [3.8, 4) is 0 Å². The molecule has 0 aliphatic heterocycles. The first kappa shape index (κ1) is 19.8. The van der Waals surface area contributed by atoms with Crippen molar-refractivity contribution in [2.75, 3.05) is 13.1 Å². The van der Waals surface area contributed by atoms with E-state index in [9.17, 15) is 0 Å². The van der Waals surface area contributed by atoms with Crippen molar-refractivity contribution in [2.24, 2.45) is 12.0 Å². The predicted molar refractivity (Wildman–Crippen MR) is 107 cm³/mol. The summed E-state index contributed by atoms with van der Waals surface area (Å²) in [7, 11) is 1.92. The molecule has 2 N–H and O–H groups in total. The molecule has 1 aromatic carbocycles. The Morgan fingerprint density at radius 3 is 2.74 bits per heavy atom. The Morgan fingerprint density at radius 1 is 1.30 bits per heavy atom. The second kappa shape index (κ2) is 10.5. The van der Waals surface area contributed by atoms with Crippen LogP contribution in [-0.2, 0) is 20.0 Å². The zero-order valence-corrected chi connectivity index (χ0v) is 16.5. The minimum absolute atomic E-state index is 0. The van der Waals surface area contributed by atoms with Gasteiger partial charge in [0.25, 0.3) is 0 Å². The van der Waals surface area contributed by atoms with Crippen LogP contribution in [0.1, 0.15) is 18.1 Å². The minimum Gasteiger partial charge on any atom is -0.357 e. The van der Waals surface area contributed by atoms with E-state index in [2.05, 4.69) is 20.7 Å². The van der Waals surface area contributed by atoms with E-state index in [1.54, 1.807) is 0 Å². The molecule has 0 fully saturated rings. The summed E-state index contributed by atoms with van der Waals surface area (Å²) >= 11 is 6.15. The number of rotatable bonds is 6. The summed E-state index contributed by atoms with van der Waals surface area (Å²) in [6.07, 6.45) is 4.81. The van der Waals surface area contributed by atoms with Gasteiger partial charge in [-0.15, -0.1) is 24.0 Å². The number of benzene rings is 1. The molecule has 1 heterocycles. The third-order valence-corrected chi connectivity index (χ3v) is 3.54. The van der Waals surface area contributed by atoms with Gasteiger partial charge in [-0.3, -0.25) is 4.68 Å². The molecular weight excluding hydrogens is 425 g/mol. The molecular formula is C16H23ClIN5. The summed E-state index contributed by atoms with van der Waals surface area (Å²) in [6, 6.07) is 7.77. The van der Waals surface area contributed by atoms with Gasteiger partial charge in [0.2, 0.25) is 0 Å². The van der Waals surface area contributed by atoms with Crippen molar-refractivity contribution in [1.29, 1.82) is 0 Å². The molecule has 0 spiro atoms. The minimum atomic E-state index is 0. The maximum atomic E-state index is 6.15. The molecule has 2 aromatic rings. The second-order valence-corrected chi connectivity index (χ2v) is 5.39. The summed E-state index contributed by atoms with van der Waals surface area (Å²) in [5, 5.41) is 11.5. The second-order valence-electron chi connectivity index (χ2n) is 4.99. The smallest absolute Gasteiger partial charge is 0.191 e. The van der Waals surface area contributed by atoms with Crippen LogP contribution in [0.3, 0.4) is 0 Å². The van der Waals surface area contributed by atoms with Gasteiger partial charge in [-0.1, -0.05) is 29.8 Å². The van der Waals surface area contributed by atoms with Gasteiger partial charge in [-0.25, -0.2) is 4.99 Å². The lowest BCUT2D eigenvalue weighted by Crippen LogP contribution is -2.38. The Bertz CT molecular complexity index is 626. The van der Waals surface area contributed by atoms with Gasteiger partial charge in [0.05, 0.1) is 12.7 Å². The fourth-order valence-corrected chi connectivity index (χ4v) is 2.25. The molecule has 0 saturated carbocycles. The highest BCUT2D eigenvalue weighted by Gasteiger charge is 2.01. The average Bonchev–Trinajstić information content (AvgIpc) is 2.92. The third-order valence-electron chi connectivity index (χ3n) is 3.17. The maximum Gasteiger partial charge on any atom is 0.191 e. The zero-order valence-electron chi connectivity index (χ0n) is 13.4. The highest BCUT2D eigenvalue weighted by Crippen LogP contribution is 2.15. The van der Waals surface area contributed by atoms with Crippen LogP contribution in [0.2, 0.25) is 5.02 Å². The number of aryl methyl sites for hydroxylation is 1. The first-order chi connectivity index (χ1) is 10.7. The van der Waals surface area contributed by atoms with Crippen LogP contribution in [0.5, 0.6) is 0 Å². The standard InChI is InChI=1S/C16H22ClN5.HI/c1-3-18-16(19-9-8-13-10-21-22(2)12-13)20-11-14-6-4-5-7-15(14)17;/h4-7,10,12H,3,8-9,11H2,1-2H3,(H2,18,19,20);1H. The third kappa shape index (κ3) is 6.78.